The second-order valence-corrected chi connectivity index (χ2v) is 13.6. The Bertz CT molecular complexity index is 1660. The predicted molar refractivity (Wildman–Crippen MR) is 184 cm³/mol. The first-order valence-corrected chi connectivity index (χ1v) is 17.3. The van der Waals surface area contributed by atoms with E-state index in [1.165, 1.54) is 25.3 Å². The summed E-state index contributed by atoms with van der Waals surface area (Å²) in [7, 11) is 1.32. The fraction of sp³-hybridized carbons (Fsp3) is 0.361. The van der Waals surface area contributed by atoms with Crippen LogP contribution in [-0.4, -0.2) is 67.6 Å². The number of allylic oxidation sites excluding steroid dienone is 2. The number of carbonyl (C=O) groups is 3. The third kappa shape index (κ3) is 9.98. The number of methoxy groups -OCH3 is 1. The van der Waals surface area contributed by atoms with Crippen LogP contribution in [0.5, 0.6) is 0 Å². The summed E-state index contributed by atoms with van der Waals surface area (Å²) in [6.45, 7) is -0.664. The average Bonchev–Trinajstić information content (AvgIpc) is 3.06. The molecule has 260 valence electrons. The molecule has 49 heavy (non-hydrogen) atoms. The predicted octanol–water partition coefficient (Wildman–Crippen LogP) is 6.52. The summed E-state index contributed by atoms with van der Waals surface area (Å²) >= 11 is 6.96. The van der Waals surface area contributed by atoms with Crippen LogP contribution in [0.2, 0.25) is 0 Å². The van der Waals surface area contributed by atoms with Crippen LogP contribution in [-0.2, 0) is 46.1 Å². The summed E-state index contributed by atoms with van der Waals surface area (Å²) in [6, 6.07) is 20.3. The highest BCUT2D eigenvalue weighted by molar-refractivity contribution is 9.10. The third-order valence-electron chi connectivity index (χ3n) is 8.24. The van der Waals surface area contributed by atoms with E-state index in [1.807, 2.05) is 60.7 Å². The van der Waals surface area contributed by atoms with E-state index in [-0.39, 0.29) is 5.69 Å². The summed E-state index contributed by atoms with van der Waals surface area (Å²) in [6.07, 6.45) is -2.90. The van der Waals surface area contributed by atoms with Crippen molar-refractivity contribution in [2.45, 2.75) is 56.4 Å². The zero-order valence-corrected chi connectivity index (χ0v) is 29.7. The largest absolute Gasteiger partial charge is 0.454 e. The van der Waals surface area contributed by atoms with Gasteiger partial charge in [-0.25, -0.2) is 9.18 Å². The lowest BCUT2D eigenvalue weighted by Gasteiger charge is -2.44. The van der Waals surface area contributed by atoms with Crippen molar-refractivity contribution in [3.63, 3.8) is 0 Å². The highest BCUT2D eigenvalue weighted by Gasteiger charge is 2.53. The molecule has 2 N–H and O–H groups in total. The van der Waals surface area contributed by atoms with Crippen molar-refractivity contribution in [3.05, 3.63) is 111 Å². The van der Waals surface area contributed by atoms with Crippen molar-refractivity contribution in [2.75, 3.05) is 19.0 Å². The molecule has 13 heteroatoms. The van der Waals surface area contributed by atoms with Gasteiger partial charge in [0.25, 0.3) is 0 Å². The minimum absolute atomic E-state index is 0.104. The maximum Gasteiger partial charge on any atom is 0.412 e. The monoisotopic (exact) mass is 803 g/mol. The molecule has 0 aromatic heterocycles. The van der Waals surface area contributed by atoms with Gasteiger partial charge in [-0.15, -0.1) is 0 Å². The van der Waals surface area contributed by atoms with Gasteiger partial charge in [0.05, 0.1) is 18.4 Å². The molecule has 1 saturated heterocycles. The Hall–Kier alpha value is -3.62. The highest BCUT2D eigenvalue weighted by atomic mass is 79.9. The molecule has 0 bridgehead atoms. The van der Waals surface area contributed by atoms with Crippen LogP contribution in [0.25, 0.3) is 0 Å². The fourth-order valence-corrected chi connectivity index (χ4v) is 6.75. The van der Waals surface area contributed by atoms with E-state index in [9.17, 15) is 23.9 Å². The van der Waals surface area contributed by atoms with Gasteiger partial charge in [0.2, 0.25) is 0 Å². The van der Waals surface area contributed by atoms with Crippen molar-refractivity contribution in [3.8, 4) is 0 Å². The molecule has 0 saturated carbocycles. The number of aliphatic hydroxyl groups is 1. The first-order chi connectivity index (χ1) is 23.6. The molecule has 3 aromatic carbocycles. The van der Waals surface area contributed by atoms with Gasteiger partial charge < -0.3 is 28.8 Å². The Balaban J connectivity index is 1.50. The van der Waals surface area contributed by atoms with Crippen LogP contribution >= 0.6 is 31.9 Å². The minimum Gasteiger partial charge on any atom is -0.454 e. The summed E-state index contributed by atoms with van der Waals surface area (Å²) in [5.74, 6) is -3.16. The molecule has 2 aliphatic heterocycles. The van der Waals surface area contributed by atoms with Gasteiger partial charge in [0, 0.05) is 21.7 Å². The number of aliphatic hydroxyl groups excluding tert-OH is 1. The fourth-order valence-electron chi connectivity index (χ4n) is 5.86. The number of esters is 2. The van der Waals surface area contributed by atoms with Gasteiger partial charge in [0.15, 0.2) is 24.6 Å². The van der Waals surface area contributed by atoms with Crippen molar-refractivity contribution >= 4 is 55.6 Å². The molecule has 0 aliphatic carbocycles. The summed E-state index contributed by atoms with van der Waals surface area (Å²) in [4.78, 5) is 41.0. The number of rotatable bonds is 8. The van der Waals surface area contributed by atoms with Crippen LogP contribution < -0.4 is 5.32 Å². The summed E-state index contributed by atoms with van der Waals surface area (Å²) in [5.41, 5.74) is 1.88. The Labute approximate surface area is 300 Å². The van der Waals surface area contributed by atoms with Gasteiger partial charge in [-0.2, -0.15) is 0 Å². The van der Waals surface area contributed by atoms with Crippen LogP contribution in [0.4, 0.5) is 14.9 Å². The molecule has 10 nitrogen and oxygen atoms in total. The number of carbonyl (C=O) groups excluding carboxylic acids is 3. The van der Waals surface area contributed by atoms with E-state index >= 15 is 0 Å². The van der Waals surface area contributed by atoms with E-state index < -0.39 is 73.0 Å². The Morgan fingerprint density at radius 2 is 1.45 bits per heavy atom. The van der Waals surface area contributed by atoms with Gasteiger partial charge in [0.1, 0.15) is 11.9 Å². The highest BCUT2D eigenvalue weighted by Crippen LogP contribution is 2.32. The quantitative estimate of drug-likeness (QED) is 0.149. The van der Waals surface area contributed by atoms with Crippen LogP contribution in [0, 0.1) is 17.7 Å². The molecule has 3 aromatic rings. The number of hydrogen-bond acceptors (Lipinski definition) is 9. The normalized spacial score (nSPS) is 26.6. The van der Waals surface area contributed by atoms with Crippen LogP contribution in [0.3, 0.4) is 0 Å². The number of nitrogens with one attached hydrogen (secondary N) is 1. The van der Waals surface area contributed by atoms with E-state index in [1.54, 1.807) is 0 Å². The molecule has 1 amide bonds. The summed E-state index contributed by atoms with van der Waals surface area (Å²) < 4.78 is 44.8. The third-order valence-corrected chi connectivity index (χ3v) is 9.23. The Morgan fingerprint density at radius 3 is 1.98 bits per heavy atom. The van der Waals surface area contributed by atoms with Gasteiger partial charge in [-0.05, 0) is 79.3 Å². The topological polar surface area (TPSA) is 130 Å². The molecule has 2 heterocycles. The standard InChI is InChI=1S/C36H36Br2FNO9/c1-45-35-32-31(30(29(20-41)46-35)49-36(44)40-28-14-6-13-27(39)19-28)47-33(42)23(15-21-7-4-11-25(37)17-21)9-2-3-10-24(34(43)48-32)16-22-8-5-12-26(38)18-22/h2-8,11-14,17-19,23-24,29-32,35,41H,9-10,15-16,20H2,1H3,(H,40,44)/b3-2-/t23-,24-,29+,30+,31-,32+,35-/m0/s1. The minimum atomic E-state index is -1.46. The molecular formula is C36H36Br2FNO9. The maximum absolute atomic E-state index is 14.0. The number of benzene rings is 3. The van der Waals surface area contributed by atoms with E-state index in [0.717, 1.165) is 26.1 Å². The van der Waals surface area contributed by atoms with Crippen LogP contribution in [0.1, 0.15) is 24.0 Å². The second kappa shape index (κ2) is 17.3. The molecule has 0 radical (unpaired) electrons. The Kier molecular flexibility index (Phi) is 13.0. The maximum atomic E-state index is 14.0. The number of anilines is 1. The van der Waals surface area contributed by atoms with E-state index in [4.69, 9.17) is 23.7 Å². The first-order valence-electron chi connectivity index (χ1n) is 15.7. The molecule has 0 unspecified atom stereocenters. The first kappa shape index (κ1) is 36.7. The van der Waals surface area contributed by atoms with Gasteiger partial charge >= 0.3 is 18.0 Å². The van der Waals surface area contributed by atoms with Crippen LogP contribution in [0.15, 0.2) is 93.9 Å². The zero-order chi connectivity index (χ0) is 34.9. The smallest absolute Gasteiger partial charge is 0.412 e. The number of hydrogen-bond donors (Lipinski definition) is 2. The number of amides is 1. The Morgan fingerprint density at radius 1 is 0.878 bits per heavy atom. The second-order valence-electron chi connectivity index (χ2n) is 11.8. The lowest BCUT2D eigenvalue weighted by Crippen LogP contribution is -2.63. The lowest BCUT2D eigenvalue weighted by molar-refractivity contribution is -0.300. The molecule has 7 atom stereocenters. The van der Waals surface area contributed by atoms with Crippen molar-refractivity contribution in [1.82, 2.24) is 0 Å². The number of fused-ring (bicyclic) bond motifs is 1. The average molecular weight is 805 g/mol. The number of halogens is 3. The van der Waals surface area contributed by atoms with Crippen molar-refractivity contribution in [1.29, 1.82) is 0 Å². The van der Waals surface area contributed by atoms with Crippen molar-refractivity contribution in [2.24, 2.45) is 11.8 Å². The molecular weight excluding hydrogens is 769 g/mol. The summed E-state index contributed by atoms with van der Waals surface area (Å²) in [5, 5.41) is 12.8. The lowest BCUT2D eigenvalue weighted by atomic mass is 9.92. The zero-order valence-electron chi connectivity index (χ0n) is 26.5. The SMILES string of the molecule is CO[C@H]1O[C@H](CO)[C@@H](OC(=O)Nc2cccc(F)c2)[C@@H]2OC(=O)[C@H](Cc3cccc(Br)c3)C/C=C\C[C@@H](Cc3cccc(Br)c3)C(=O)O[C@@H]12. The van der Waals surface area contributed by atoms with Crippen molar-refractivity contribution < 1.29 is 47.6 Å². The molecule has 2 aliphatic rings. The molecule has 5 rings (SSSR count). The van der Waals surface area contributed by atoms with Gasteiger partial charge in [-0.3, -0.25) is 14.9 Å². The van der Waals surface area contributed by atoms with E-state index in [0.29, 0.717) is 25.7 Å². The van der Waals surface area contributed by atoms with Gasteiger partial charge in [-0.1, -0.05) is 74.3 Å². The van der Waals surface area contributed by atoms with E-state index in [2.05, 4.69) is 37.2 Å². The molecule has 0 spiro atoms. The molecule has 1 fully saturated rings. The number of ether oxygens (including phenoxy) is 5.